The largest absolute Gasteiger partial charge is 0.492 e. The number of methoxy groups -OCH3 is 3. The monoisotopic (exact) mass is 1510 g/mol. The molecule has 6 aliphatic heterocycles. The van der Waals surface area contributed by atoms with Crippen molar-refractivity contribution >= 4 is 24.0 Å². The summed E-state index contributed by atoms with van der Waals surface area (Å²) in [6.07, 6.45) is 16.4. The van der Waals surface area contributed by atoms with Gasteiger partial charge in [0.25, 0.3) is 0 Å². The molecule has 0 aromatic heterocycles. The van der Waals surface area contributed by atoms with Crippen molar-refractivity contribution in [3.8, 4) is 17.2 Å². The highest BCUT2D eigenvalue weighted by molar-refractivity contribution is 5.87. The van der Waals surface area contributed by atoms with Gasteiger partial charge in [-0.1, -0.05) is 75.7 Å². The zero-order valence-corrected chi connectivity index (χ0v) is 68.4. The predicted molar refractivity (Wildman–Crippen MR) is 415 cm³/mol. The summed E-state index contributed by atoms with van der Waals surface area (Å²) in [5, 5.41) is 0. The first-order valence-electron chi connectivity index (χ1n) is 40.1. The van der Waals surface area contributed by atoms with Crippen LogP contribution in [0.1, 0.15) is 162 Å². The van der Waals surface area contributed by atoms with E-state index in [1.807, 2.05) is 115 Å². The van der Waals surface area contributed by atoms with E-state index in [9.17, 15) is 14.4 Å². The van der Waals surface area contributed by atoms with Crippen LogP contribution >= 0.6 is 0 Å². The highest BCUT2D eigenvalue weighted by Gasteiger charge is 2.75. The van der Waals surface area contributed by atoms with Crippen molar-refractivity contribution in [3.05, 3.63) is 107 Å². The van der Waals surface area contributed by atoms with Gasteiger partial charge in [0.2, 0.25) is 0 Å². The fourth-order valence-electron chi connectivity index (χ4n) is 17.1. The molecule has 602 valence electrons. The quantitative estimate of drug-likeness (QED) is 0.0172. The van der Waals surface area contributed by atoms with Crippen LogP contribution in [0.2, 0.25) is 0 Å². The lowest BCUT2D eigenvalue weighted by atomic mass is 9.68. The third-order valence-corrected chi connectivity index (χ3v) is 23.9. The van der Waals surface area contributed by atoms with Gasteiger partial charge in [-0.25, -0.2) is 4.79 Å². The number of hydrogen-bond donors (Lipinski definition) is 0. The van der Waals surface area contributed by atoms with E-state index in [2.05, 4.69) is 83.1 Å². The number of esters is 3. The number of benzene rings is 3. The topological polar surface area (TPSA) is 219 Å². The maximum atomic E-state index is 12.8. The van der Waals surface area contributed by atoms with E-state index >= 15 is 0 Å². The van der Waals surface area contributed by atoms with Gasteiger partial charge in [0.15, 0.2) is 0 Å². The Morgan fingerprint density at radius 1 is 0.491 bits per heavy atom. The fraction of sp³-hybridized carbons (Fsp3) is 0.713. The number of rotatable bonds is 37. The first-order valence-corrected chi connectivity index (χ1v) is 40.1. The molecule has 3 aromatic rings. The van der Waals surface area contributed by atoms with Gasteiger partial charge in [-0.15, -0.1) is 0 Å². The molecular weight excluding hydrogens is 1370 g/mol. The number of nitrogens with zero attached hydrogens (tertiary/aromatic N) is 3. The number of hydrogen-bond acceptors (Lipinski definition) is 21. The minimum absolute atomic E-state index is 0.0390. The average molecular weight is 1510 g/mol. The standard InChI is InChI=1S/C29H45NO6.2C29H43NO6/c3*1-20(2)7-13-24-28(3,36-24)27-26(32-6)23(15-16-29(27)19-34-29)35-25(31)14-10-21-8-11-22(12-9-21)33-18-17-30(4)5/h8-9,11-12,20,23-24,26-27H,7,10,13-19H2,1-6H3;8-12,14,20,23-24,26-27H,7,13,15-19H2,1-6H3;7-9,11-12,23-24,26-27H,10,13-19H2,1-6H3/b;14-10+;/t3*23-,24-,26?,27-,28+,29?/m111/s1. The minimum Gasteiger partial charge on any atom is -0.492 e. The SMILES string of the molecule is COC1[C@H](OC(=O)/C=C/c2ccc(OCCN(C)C)cc2)CCC2(CO2)[C@H]1[C@@]1(C)O[C@@H]1CCC(C)C.COC1[C@H](OC(=O)CCc2ccc(OCCN(C)C)cc2)CCC2(CO2)[C@H]1[C@@]1(C)O[C@@H]1CC=C(C)C.COC1[C@H](OC(=O)CCc2ccc(OCCN(C)C)cc2)CCC2(CO2)[C@H]1[C@@]1(C)O[C@@H]1CCC(C)C. The van der Waals surface area contributed by atoms with Crippen molar-refractivity contribution in [1.29, 1.82) is 0 Å². The molecule has 3 aliphatic carbocycles. The Kier molecular flexibility index (Phi) is 29.4. The number of likely N-dealkylation sites (N-methyl/N-ethyl adjacent to an activating group) is 3. The van der Waals surface area contributed by atoms with Gasteiger partial charge in [-0.05, 0) is 231 Å². The van der Waals surface area contributed by atoms with E-state index in [1.165, 1.54) is 11.6 Å². The van der Waals surface area contributed by atoms with Crippen LogP contribution in [-0.4, -0.2) is 244 Å². The van der Waals surface area contributed by atoms with Gasteiger partial charge < -0.3 is 85.8 Å². The van der Waals surface area contributed by atoms with E-state index in [0.29, 0.717) is 57.3 Å². The minimum atomic E-state index is -0.363. The molecule has 21 heteroatoms. The lowest BCUT2D eigenvalue weighted by Crippen LogP contribution is -2.55. The summed E-state index contributed by atoms with van der Waals surface area (Å²) in [4.78, 5) is 44.7. The van der Waals surface area contributed by atoms with Crippen LogP contribution in [-0.2, 0) is 84.1 Å². The first-order chi connectivity index (χ1) is 51.5. The number of aryl methyl sites for hydroxylation is 2. The van der Waals surface area contributed by atoms with E-state index in [1.54, 1.807) is 27.4 Å². The zero-order valence-electron chi connectivity index (χ0n) is 68.4. The highest BCUT2D eigenvalue weighted by Crippen LogP contribution is 2.63. The lowest BCUT2D eigenvalue weighted by molar-refractivity contribution is -0.172. The summed E-state index contributed by atoms with van der Waals surface area (Å²) in [7, 11) is 17.3. The normalized spacial score (nSPS) is 33.2. The summed E-state index contributed by atoms with van der Waals surface area (Å²) < 4.78 is 90.0. The van der Waals surface area contributed by atoms with E-state index in [-0.39, 0.29) is 124 Å². The number of carbonyl (C=O) groups excluding carboxylic acids is 3. The Balaban J connectivity index is 0.000000173. The van der Waals surface area contributed by atoms with Crippen molar-refractivity contribution in [2.24, 2.45) is 29.6 Å². The fourth-order valence-corrected chi connectivity index (χ4v) is 17.1. The van der Waals surface area contributed by atoms with Crippen LogP contribution < -0.4 is 14.2 Å². The molecule has 12 rings (SSSR count). The van der Waals surface area contributed by atoms with E-state index in [0.717, 1.165) is 144 Å². The smallest absolute Gasteiger partial charge is 0.331 e. The van der Waals surface area contributed by atoms with Gasteiger partial charge in [0, 0.05) is 59.9 Å². The molecule has 0 amide bonds. The number of allylic oxidation sites excluding steroid dienone is 1. The molecule has 6 heterocycles. The molecule has 3 spiro atoms. The van der Waals surface area contributed by atoms with Crippen molar-refractivity contribution in [2.75, 3.05) is 123 Å². The summed E-state index contributed by atoms with van der Waals surface area (Å²) in [5.41, 5.74) is 2.84. The molecule has 3 aromatic carbocycles. The molecule has 18 atom stereocenters. The number of epoxide rings is 6. The van der Waals surface area contributed by atoms with E-state index in [4.69, 9.17) is 71.1 Å². The van der Waals surface area contributed by atoms with Crippen molar-refractivity contribution in [1.82, 2.24) is 14.7 Å². The molecular formula is C87H131N3O18. The molecule has 0 radical (unpaired) electrons. The molecule has 0 N–H and O–H groups in total. The highest BCUT2D eigenvalue weighted by atomic mass is 16.7. The van der Waals surface area contributed by atoms with Crippen LogP contribution in [0, 0.1) is 29.6 Å². The molecule has 3 saturated carbocycles. The molecule has 108 heavy (non-hydrogen) atoms. The first kappa shape index (κ1) is 84.9. The third kappa shape index (κ3) is 22.4. The zero-order chi connectivity index (χ0) is 77.8. The van der Waals surface area contributed by atoms with Crippen LogP contribution in [0.25, 0.3) is 6.08 Å². The Morgan fingerprint density at radius 3 is 1.15 bits per heavy atom. The number of ether oxygens (including phenoxy) is 15. The lowest BCUT2D eigenvalue weighted by Gasteiger charge is -2.42. The Morgan fingerprint density at radius 2 is 0.824 bits per heavy atom. The third-order valence-electron chi connectivity index (χ3n) is 23.9. The van der Waals surface area contributed by atoms with Gasteiger partial charge in [0.1, 0.15) is 107 Å². The van der Waals surface area contributed by atoms with Crippen LogP contribution in [0.4, 0.5) is 0 Å². The maximum absolute atomic E-state index is 12.8. The number of carbonyl (C=O) groups is 3. The van der Waals surface area contributed by atoms with Gasteiger partial charge >= 0.3 is 17.9 Å². The second-order valence-electron chi connectivity index (χ2n) is 34.2. The average Bonchev–Trinajstić information content (AvgIpc) is 1.55. The molecule has 6 unspecified atom stereocenters. The van der Waals surface area contributed by atoms with Crippen LogP contribution in [0.15, 0.2) is 90.5 Å². The maximum Gasteiger partial charge on any atom is 0.331 e. The second-order valence-corrected chi connectivity index (χ2v) is 34.2. The summed E-state index contributed by atoms with van der Waals surface area (Å²) in [5.74, 6) is 3.20. The van der Waals surface area contributed by atoms with E-state index < -0.39 is 0 Å². The van der Waals surface area contributed by atoms with Crippen molar-refractivity contribution in [2.45, 2.75) is 247 Å². The van der Waals surface area contributed by atoms with Crippen molar-refractivity contribution < 1.29 is 85.4 Å². The molecule has 0 bridgehead atoms. The summed E-state index contributed by atoms with van der Waals surface area (Å²) in [6.45, 7) is 26.4. The second kappa shape index (κ2) is 37.4. The summed E-state index contributed by atoms with van der Waals surface area (Å²) in [6, 6.07) is 23.6. The Hall–Kier alpha value is -5.53. The Bertz CT molecular complexity index is 3400. The van der Waals surface area contributed by atoms with Gasteiger partial charge in [-0.2, -0.15) is 0 Å². The molecule has 21 nitrogen and oxygen atoms in total. The van der Waals surface area contributed by atoms with Gasteiger partial charge in [0.05, 0.1) is 55.9 Å². The van der Waals surface area contributed by atoms with Crippen LogP contribution in [0.3, 0.4) is 0 Å². The van der Waals surface area contributed by atoms with Crippen LogP contribution in [0.5, 0.6) is 17.2 Å². The Labute approximate surface area is 645 Å². The molecule has 9 aliphatic rings. The predicted octanol–water partition coefficient (Wildman–Crippen LogP) is 12.8. The van der Waals surface area contributed by atoms with Crippen molar-refractivity contribution in [3.63, 3.8) is 0 Å². The van der Waals surface area contributed by atoms with Gasteiger partial charge in [-0.3, -0.25) is 9.59 Å². The molecule has 6 saturated heterocycles. The summed E-state index contributed by atoms with van der Waals surface area (Å²) >= 11 is 0. The molecule has 9 fully saturated rings.